The third-order valence-corrected chi connectivity index (χ3v) is 5.69. The normalized spacial score (nSPS) is 12.6. The van der Waals surface area contributed by atoms with Crippen molar-refractivity contribution in [1.29, 1.82) is 0 Å². The van der Waals surface area contributed by atoms with Crippen molar-refractivity contribution in [3.63, 3.8) is 0 Å². The fourth-order valence-electron chi connectivity index (χ4n) is 3.42. The van der Waals surface area contributed by atoms with Gasteiger partial charge in [-0.3, -0.25) is 9.59 Å². The minimum absolute atomic E-state index is 0.0469. The van der Waals surface area contributed by atoms with Gasteiger partial charge in [-0.15, -0.1) is 11.3 Å². The van der Waals surface area contributed by atoms with E-state index in [1.54, 1.807) is 18.9 Å². The summed E-state index contributed by atoms with van der Waals surface area (Å²) in [5.74, 6) is 0.690. The lowest BCUT2D eigenvalue weighted by Crippen LogP contribution is -2.25. The molecule has 0 saturated carbocycles. The summed E-state index contributed by atoms with van der Waals surface area (Å²) in [6.07, 6.45) is 1.14. The number of rotatable bonds is 5. The number of fused-ring (bicyclic) bond motifs is 1. The molecule has 1 aliphatic rings. The zero-order valence-corrected chi connectivity index (χ0v) is 17.1. The lowest BCUT2D eigenvalue weighted by atomic mass is 10.1. The molecule has 29 heavy (non-hydrogen) atoms. The number of benzene rings is 2. The molecular formula is C22H21N3O3S. The highest BCUT2D eigenvalue weighted by Crippen LogP contribution is 2.34. The van der Waals surface area contributed by atoms with Crippen LogP contribution in [0.5, 0.6) is 5.75 Å². The Morgan fingerprint density at radius 2 is 2.00 bits per heavy atom. The predicted molar refractivity (Wildman–Crippen MR) is 115 cm³/mol. The molecular weight excluding hydrogens is 386 g/mol. The second-order valence-electron chi connectivity index (χ2n) is 6.88. The molecule has 1 N–H and O–H groups in total. The van der Waals surface area contributed by atoms with E-state index in [1.807, 2.05) is 41.8 Å². The first kappa shape index (κ1) is 19.1. The molecule has 3 aromatic rings. The standard InChI is InChI=1S/C22H21N3O3S/c1-14(26)25-10-9-16-5-6-17(12-20(16)25)19-13-29-22(23-19)24-21(27)11-15-3-7-18(28-2)8-4-15/h3-8,12-13H,9-11H2,1-2H3,(H,23,24,27). The molecule has 0 aliphatic carbocycles. The first-order chi connectivity index (χ1) is 14.0. The zero-order chi connectivity index (χ0) is 20.4. The second-order valence-corrected chi connectivity index (χ2v) is 7.73. The second kappa shape index (κ2) is 8.05. The molecule has 0 radical (unpaired) electrons. The molecule has 0 bridgehead atoms. The van der Waals surface area contributed by atoms with E-state index in [9.17, 15) is 9.59 Å². The fourth-order valence-corrected chi connectivity index (χ4v) is 4.16. The number of ether oxygens (including phenoxy) is 1. The van der Waals surface area contributed by atoms with Crippen molar-refractivity contribution in [3.8, 4) is 17.0 Å². The fraction of sp³-hybridized carbons (Fsp3) is 0.227. The molecule has 7 heteroatoms. The summed E-state index contributed by atoms with van der Waals surface area (Å²) in [5, 5.41) is 5.33. The van der Waals surface area contributed by atoms with Crippen LogP contribution in [0.1, 0.15) is 18.1 Å². The van der Waals surface area contributed by atoms with Gasteiger partial charge >= 0.3 is 0 Å². The summed E-state index contributed by atoms with van der Waals surface area (Å²) in [6.45, 7) is 2.30. The van der Waals surface area contributed by atoms with E-state index in [0.29, 0.717) is 5.13 Å². The molecule has 2 aromatic carbocycles. The Hall–Kier alpha value is -3.19. The highest BCUT2D eigenvalue weighted by Gasteiger charge is 2.22. The molecule has 1 aliphatic heterocycles. The van der Waals surface area contributed by atoms with Crippen LogP contribution in [0.15, 0.2) is 47.8 Å². The molecule has 148 valence electrons. The van der Waals surface area contributed by atoms with E-state index in [-0.39, 0.29) is 18.2 Å². The number of nitrogens with zero attached hydrogens (tertiary/aromatic N) is 2. The highest BCUT2D eigenvalue weighted by molar-refractivity contribution is 7.14. The number of nitrogens with one attached hydrogen (secondary N) is 1. The molecule has 0 spiro atoms. The average Bonchev–Trinajstić information content (AvgIpc) is 3.35. The minimum atomic E-state index is -0.118. The Kier molecular flexibility index (Phi) is 5.31. The maximum atomic E-state index is 12.3. The van der Waals surface area contributed by atoms with Gasteiger partial charge in [-0.05, 0) is 35.7 Å². The number of anilines is 2. The number of hydrogen-bond donors (Lipinski definition) is 1. The Labute approximate surface area is 173 Å². The van der Waals surface area contributed by atoms with Gasteiger partial charge in [0.15, 0.2) is 5.13 Å². The molecule has 0 unspecified atom stereocenters. The summed E-state index contributed by atoms with van der Waals surface area (Å²) >= 11 is 1.39. The Morgan fingerprint density at radius 3 is 2.72 bits per heavy atom. The monoisotopic (exact) mass is 407 g/mol. The van der Waals surface area contributed by atoms with Crippen molar-refractivity contribution in [2.75, 3.05) is 23.9 Å². The largest absolute Gasteiger partial charge is 0.497 e. The van der Waals surface area contributed by atoms with Gasteiger partial charge in [0.1, 0.15) is 5.75 Å². The minimum Gasteiger partial charge on any atom is -0.497 e. The van der Waals surface area contributed by atoms with E-state index in [0.717, 1.165) is 41.2 Å². The molecule has 6 nitrogen and oxygen atoms in total. The Morgan fingerprint density at radius 1 is 1.21 bits per heavy atom. The summed E-state index contributed by atoms with van der Waals surface area (Å²) in [6, 6.07) is 13.5. The van der Waals surface area contributed by atoms with Gasteiger partial charge in [0.2, 0.25) is 11.8 Å². The molecule has 0 saturated heterocycles. The van der Waals surface area contributed by atoms with Crippen LogP contribution >= 0.6 is 11.3 Å². The maximum Gasteiger partial charge on any atom is 0.230 e. The van der Waals surface area contributed by atoms with Gasteiger partial charge in [0.05, 0.1) is 19.2 Å². The molecule has 2 amide bonds. The molecule has 0 fully saturated rings. The third kappa shape index (κ3) is 4.14. The zero-order valence-electron chi connectivity index (χ0n) is 16.3. The van der Waals surface area contributed by atoms with E-state index in [2.05, 4.69) is 16.4 Å². The lowest BCUT2D eigenvalue weighted by Gasteiger charge is -2.15. The third-order valence-electron chi connectivity index (χ3n) is 4.93. The number of hydrogen-bond acceptors (Lipinski definition) is 5. The van der Waals surface area contributed by atoms with Crippen molar-refractivity contribution < 1.29 is 14.3 Å². The van der Waals surface area contributed by atoms with E-state index < -0.39 is 0 Å². The number of aromatic nitrogens is 1. The van der Waals surface area contributed by atoms with Crippen LogP contribution in [0.2, 0.25) is 0 Å². The van der Waals surface area contributed by atoms with Gasteiger partial charge in [-0.2, -0.15) is 0 Å². The van der Waals surface area contributed by atoms with E-state index in [4.69, 9.17) is 4.74 Å². The summed E-state index contributed by atoms with van der Waals surface area (Å²) in [7, 11) is 1.61. The maximum absolute atomic E-state index is 12.3. The van der Waals surface area contributed by atoms with Gasteiger partial charge in [0.25, 0.3) is 0 Å². The summed E-state index contributed by atoms with van der Waals surface area (Å²) in [5.41, 5.74) is 4.75. The molecule has 1 aromatic heterocycles. The van der Waals surface area contributed by atoms with Crippen LogP contribution in [0.3, 0.4) is 0 Å². The number of methoxy groups -OCH3 is 1. The highest BCUT2D eigenvalue weighted by atomic mass is 32.1. The predicted octanol–water partition coefficient (Wildman–Crippen LogP) is 3.91. The van der Waals surface area contributed by atoms with Crippen molar-refractivity contribution >= 4 is 34.0 Å². The Bertz CT molecular complexity index is 1060. The van der Waals surface area contributed by atoms with Gasteiger partial charge in [-0.1, -0.05) is 24.3 Å². The SMILES string of the molecule is COc1ccc(CC(=O)Nc2nc(-c3ccc4c(c3)N(C(C)=O)CC4)cs2)cc1. The van der Waals surface area contributed by atoms with Gasteiger partial charge in [-0.25, -0.2) is 4.98 Å². The van der Waals surface area contributed by atoms with Crippen LogP contribution in [-0.2, 0) is 22.4 Å². The lowest BCUT2D eigenvalue weighted by molar-refractivity contribution is -0.117. The summed E-state index contributed by atoms with van der Waals surface area (Å²) < 4.78 is 5.13. The average molecular weight is 407 g/mol. The van der Waals surface area contributed by atoms with Crippen molar-refractivity contribution in [2.24, 2.45) is 0 Å². The van der Waals surface area contributed by atoms with Gasteiger partial charge < -0.3 is 15.0 Å². The number of thiazole rings is 1. The van der Waals surface area contributed by atoms with E-state index >= 15 is 0 Å². The number of carbonyl (C=O) groups excluding carboxylic acids is 2. The summed E-state index contributed by atoms with van der Waals surface area (Å²) in [4.78, 5) is 30.5. The quantitative estimate of drug-likeness (QED) is 0.696. The van der Waals surface area contributed by atoms with Crippen molar-refractivity contribution in [1.82, 2.24) is 4.98 Å². The topological polar surface area (TPSA) is 71.5 Å². The first-order valence-corrected chi connectivity index (χ1v) is 10.2. The van der Waals surface area contributed by atoms with Gasteiger partial charge in [0, 0.05) is 30.1 Å². The molecule has 2 heterocycles. The number of carbonyl (C=O) groups is 2. The van der Waals surface area contributed by atoms with Crippen LogP contribution in [0.25, 0.3) is 11.3 Å². The van der Waals surface area contributed by atoms with Crippen LogP contribution < -0.4 is 15.0 Å². The first-order valence-electron chi connectivity index (χ1n) is 9.33. The van der Waals surface area contributed by atoms with Crippen molar-refractivity contribution in [3.05, 3.63) is 59.0 Å². The molecule has 4 rings (SSSR count). The van der Waals surface area contributed by atoms with Crippen LogP contribution in [0, 0.1) is 0 Å². The van der Waals surface area contributed by atoms with E-state index in [1.165, 1.54) is 16.9 Å². The van der Waals surface area contributed by atoms with Crippen LogP contribution in [-0.4, -0.2) is 30.5 Å². The van der Waals surface area contributed by atoms with Crippen molar-refractivity contribution in [2.45, 2.75) is 19.8 Å². The Balaban J connectivity index is 1.45. The van der Waals surface area contributed by atoms with Crippen LogP contribution in [0.4, 0.5) is 10.8 Å². The smallest absolute Gasteiger partial charge is 0.230 e. The number of amides is 2. The molecule has 0 atom stereocenters.